The van der Waals surface area contributed by atoms with Gasteiger partial charge in [-0.1, -0.05) is 0 Å². The van der Waals surface area contributed by atoms with E-state index >= 15 is 0 Å². The second-order valence-electron chi connectivity index (χ2n) is 4.94. The van der Waals surface area contributed by atoms with Crippen LogP contribution in [0.2, 0.25) is 0 Å². The second-order valence-corrected chi connectivity index (χ2v) is 4.94. The SMILES string of the molecule is CCn1ncc(NC(=O)C(C)n2ncc([N+](=O)[O-])c2C)c1C. The summed E-state index contributed by atoms with van der Waals surface area (Å²) in [6.45, 7) is 7.73. The Kier molecular flexibility index (Phi) is 4.25. The minimum atomic E-state index is -0.668. The monoisotopic (exact) mass is 306 g/mol. The highest BCUT2D eigenvalue weighted by Crippen LogP contribution is 2.21. The summed E-state index contributed by atoms with van der Waals surface area (Å²) in [4.78, 5) is 22.6. The van der Waals surface area contributed by atoms with Crippen molar-refractivity contribution in [2.75, 3.05) is 5.32 Å². The first-order chi connectivity index (χ1) is 10.4. The van der Waals surface area contributed by atoms with Crippen molar-refractivity contribution in [1.29, 1.82) is 0 Å². The van der Waals surface area contributed by atoms with Crippen LogP contribution in [0.5, 0.6) is 0 Å². The Morgan fingerprint density at radius 1 is 1.36 bits per heavy atom. The number of nitro groups is 1. The molecule has 118 valence electrons. The van der Waals surface area contributed by atoms with E-state index in [9.17, 15) is 14.9 Å². The number of rotatable bonds is 5. The number of aromatic nitrogens is 4. The van der Waals surface area contributed by atoms with E-state index in [-0.39, 0.29) is 11.6 Å². The molecule has 0 aromatic carbocycles. The van der Waals surface area contributed by atoms with E-state index in [1.165, 1.54) is 4.68 Å². The number of anilines is 1. The summed E-state index contributed by atoms with van der Waals surface area (Å²) in [5.74, 6) is -0.306. The van der Waals surface area contributed by atoms with E-state index in [0.29, 0.717) is 17.9 Å². The number of nitrogens with one attached hydrogen (secondary N) is 1. The number of hydrogen-bond donors (Lipinski definition) is 1. The van der Waals surface area contributed by atoms with Gasteiger partial charge in [-0.15, -0.1) is 0 Å². The molecule has 0 spiro atoms. The molecule has 0 bridgehead atoms. The molecule has 0 aliphatic heterocycles. The van der Waals surface area contributed by atoms with Crippen molar-refractivity contribution in [3.05, 3.63) is 33.9 Å². The van der Waals surface area contributed by atoms with Crippen LogP contribution >= 0.6 is 0 Å². The number of amides is 1. The number of carbonyl (C=O) groups excluding carboxylic acids is 1. The van der Waals surface area contributed by atoms with Crippen molar-refractivity contribution in [2.45, 2.75) is 40.3 Å². The van der Waals surface area contributed by atoms with Gasteiger partial charge in [0.15, 0.2) is 0 Å². The van der Waals surface area contributed by atoms with Gasteiger partial charge < -0.3 is 5.32 Å². The highest BCUT2D eigenvalue weighted by atomic mass is 16.6. The summed E-state index contributed by atoms with van der Waals surface area (Å²) in [6.07, 6.45) is 2.74. The lowest BCUT2D eigenvalue weighted by Gasteiger charge is -2.13. The number of aryl methyl sites for hydroxylation is 1. The van der Waals surface area contributed by atoms with Gasteiger partial charge in [0.1, 0.15) is 17.9 Å². The van der Waals surface area contributed by atoms with Crippen molar-refractivity contribution in [1.82, 2.24) is 19.6 Å². The molecule has 0 fully saturated rings. The quantitative estimate of drug-likeness (QED) is 0.669. The van der Waals surface area contributed by atoms with Gasteiger partial charge in [0.2, 0.25) is 5.91 Å². The Balaban J connectivity index is 2.19. The lowest BCUT2D eigenvalue weighted by Crippen LogP contribution is -2.25. The predicted molar refractivity (Wildman–Crippen MR) is 79.6 cm³/mol. The molecule has 1 unspecified atom stereocenters. The van der Waals surface area contributed by atoms with Crippen molar-refractivity contribution >= 4 is 17.3 Å². The summed E-state index contributed by atoms with van der Waals surface area (Å²) < 4.78 is 3.11. The van der Waals surface area contributed by atoms with Crippen LogP contribution in [-0.2, 0) is 11.3 Å². The Morgan fingerprint density at radius 2 is 2.05 bits per heavy atom. The van der Waals surface area contributed by atoms with Crippen LogP contribution in [0.25, 0.3) is 0 Å². The van der Waals surface area contributed by atoms with Crippen LogP contribution in [0.4, 0.5) is 11.4 Å². The smallest absolute Gasteiger partial charge is 0.309 e. The van der Waals surface area contributed by atoms with Gasteiger partial charge in [0.25, 0.3) is 0 Å². The lowest BCUT2D eigenvalue weighted by atomic mass is 10.2. The molecular weight excluding hydrogens is 288 g/mol. The van der Waals surface area contributed by atoms with Crippen LogP contribution in [-0.4, -0.2) is 30.4 Å². The van der Waals surface area contributed by atoms with E-state index in [4.69, 9.17) is 0 Å². The molecule has 0 saturated heterocycles. The van der Waals surface area contributed by atoms with E-state index in [2.05, 4.69) is 15.5 Å². The molecule has 2 aromatic heterocycles. The van der Waals surface area contributed by atoms with Gasteiger partial charge >= 0.3 is 5.69 Å². The first kappa shape index (κ1) is 15.7. The van der Waals surface area contributed by atoms with E-state index in [0.717, 1.165) is 11.9 Å². The molecule has 9 heteroatoms. The van der Waals surface area contributed by atoms with E-state index in [1.54, 1.807) is 24.7 Å². The van der Waals surface area contributed by atoms with Crippen LogP contribution in [0.1, 0.15) is 31.3 Å². The molecule has 2 aromatic rings. The number of carbonyl (C=O) groups is 1. The zero-order chi connectivity index (χ0) is 16.4. The Hall–Kier alpha value is -2.71. The maximum Gasteiger partial charge on any atom is 0.309 e. The minimum absolute atomic E-state index is 0.102. The maximum atomic E-state index is 12.3. The molecule has 0 aliphatic rings. The van der Waals surface area contributed by atoms with Crippen LogP contribution < -0.4 is 5.32 Å². The predicted octanol–water partition coefficient (Wildman–Crippen LogP) is 1.82. The molecule has 0 aliphatic carbocycles. The molecule has 2 heterocycles. The zero-order valence-corrected chi connectivity index (χ0v) is 12.9. The van der Waals surface area contributed by atoms with Crippen molar-refractivity contribution in [2.24, 2.45) is 0 Å². The van der Waals surface area contributed by atoms with Gasteiger partial charge in [-0.05, 0) is 27.7 Å². The minimum Gasteiger partial charge on any atom is -0.321 e. The average Bonchev–Trinajstić information content (AvgIpc) is 3.02. The first-order valence-electron chi connectivity index (χ1n) is 6.88. The summed E-state index contributed by atoms with van der Waals surface area (Å²) in [5.41, 5.74) is 1.72. The largest absolute Gasteiger partial charge is 0.321 e. The summed E-state index contributed by atoms with van der Waals surface area (Å²) in [5, 5.41) is 21.7. The van der Waals surface area contributed by atoms with Crippen molar-refractivity contribution in [3.8, 4) is 0 Å². The fourth-order valence-corrected chi connectivity index (χ4v) is 2.22. The van der Waals surface area contributed by atoms with E-state index in [1.807, 2.05) is 13.8 Å². The molecule has 0 saturated carbocycles. The molecule has 2 rings (SSSR count). The molecule has 1 amide bonds. The number of nitrogens with zero attached hydrogens (tertiary/aromatic N) is 5. The van der Waals surface area contributed by atoms with Crippen LogP contribution in [0.3, 0.4) is 0 Å². The molecule has 22 heavy (non-hydrogen) atoms. The third-order valence-electron chi connectivity index (χ3n) is 3.62. The average molecular weight is 306 g/mol. The lowest BCUT2D eigenvalue weighted by molar-refractivity contribution is -0.385. The van der Waals surface area contributed by atoms with Crippen molar-refractivity contribution in [3.63, 3.8) is 0 Å². The number of hydrogen-bond acceptors (Lipinski definition) is 5. The van der Waals surface area contributed by atoms with Gasteiger partial charge in [0.05, 0.1) is 22.5 Å². The molecule has 1 atom stereocenters. The van der Waals surface area contributed by atoms with Gasteiger partial charge in [-0.25, -0.2) is 0 Å². The van der Waals surface area contributed by atoms with Gasteiger partial charge in [-0.3, -0.25) is 24.3 Å². The topological polar surface area (TPSA) is 108 Å². The molecule has 1 N–H and O–H groups in total. The van der Waals surface area contributed by atoms with Crippen LogP contribution in [0, 0.1) is 24.0 Å². The van der Waals surface area contributed by atoms with Crippen LogP contribution in [0.15, 0.2) is 12.4 Å². The zero-order valence-electron chi connectivity index (χ0n) is 12.9. The Labute approximate surface area is 127 Å². The van der Waals surface area contributed by atoms with Gasteiger partial charge in [-0.2, -0.15) is 10.2 Å². The summed E-state index contributed by atoms with van der Waals surface area (Å²) >= 11 is 0. The highest BCUT2D eigenvalue weighted by Gasteiger charge is 2.24. The third-order valence-corrected chi connectivity index (χ3v) is 3.62. The van der Waals surface area contributed by atoms with Gasteiger partial charge in [0, 0.05) is 6.54 Å². The van der Waals surface area contributed by atoms with Crippen molar-refractivity contribution < 1.29 is 9.72 Å². The Morgan fingerprint density at radius 3 is 2.55 bits per heavy atom. The standard InChI is InChI=1S/C13H18N6O3/c1-5-17-8(2)11(6-14-17)16-13(20)10(4)18-9(3)12(7-15-18)19(21)22/h6-7,10H,5H2,1-4H3,(H,16,20). The third kappa shape index (κ3) is 2.69. The highest BCUT2D eigenvalue weighted by molar-refractivity contribution is 5.93. The summed E-state index contributed by atoms with van der Waals surface area (Å²) in [6, 6.07) is -0.668. The molecular formula is C13H18N6O3. The Bertz CT molecular complexity index is 717. The fourth-order valence-electron chi connectivity index (χ4n) is 2.22. The molecule has 0 radical (unpaired) electrons. The fraction of sp³-hybridized carbons (Fsp3) is 0.462. The normalized spacial score (nSPS) is 12.2. The summed E-state index contributed by atoms with van der Waals surface area (Å²) in [7, 11) is 0. The van der Waals surface area contributed by atoms with E-state index < -0.39 is 11.0 Å². The second kappa shape index (κ2) is 5.96. The first-order valence-corrected chi connectivity index (χ1v) is 6.88. The molecule has 9 nitrogen and oxygen atoms in total. The maximum absolute atomic E-state index is 12.3.